The summed E-state index contributed by atoms with van der Waals surface area (Å²) >= 11 is 0. The van der Waals surface area contributed by atoms with Crippen LogP contribution in [0.2, 0.25) is 0 Å². The van der Waals surface area contributed by atoms with Crippen LogP contribution >= 0.6 is 0 Å². The Kier molecular flexibility index (Phi) is 5.29. The Hall–Kier alpha value is -2.38. The van der Waals surface area contributed by atoms with Crippen molar-refractivity contribution in [3.8, 4) is 0 Å². The number of esters is 1. The summed E-state index contributed by atoms with van der Waals surface area (Å²) in [5.41, 5.74) is 1.06. The quantitative estimate of drug-likeness (QED) is 0.752. The molecule has 0 amide bonds. The van der Waals surface area contributed by atoms with Gasteiger partial charge in [-0.1, -0.05) is 0 Å². The predicted molar refractivity (Wildman–Crippen MR) is 87.6 cm³/mol. The minimum Gasteiger partial charge on any atom is -0.461 e. The first-order valence-corrected chi connectivity index (χ1v) is 8.59. The zero-order valence-corrected chi connectivity index (χ0v) is 14.4. The number of hydrogen-bond acceptors (Lipinski definition) is 4. The van der Waals surface area contributed by atoms with Gasteiger partial charge in [-0.3, -0.25) is 4.98 Å². The molecular weight excluding hydrogens is 347 g/mol. The van der Waals surface area contributed by atoms with E-state index < -0.39 is 17.7 Å². The van der Waals surface area contributed by atoms with Gasteiger partial charge in [-0.15, -0.1) is 0 Å². The number of rotatable bonds is 5. The topological polar surface area (TPSA) is 57.0 Å². The smallest absolute Gasteiger partial charge is 0.356 e. The highest BCUT2D eigenvalue weighted by Gasteiger charge is 2.36. The zero-order chi connectivity index (χ0) is 18.7. The Morgan fingerprint density at radius 3 is 2.73 bits per heavy atom. The van der Waals surface area contributed by atoms with E-state index in [-0.39, 0.29) is 56.1 Å². The predicted octanol–water partition coefficient (Wildman–Crippen LogP) is 3.94. The standard InChI is InChI=1S/C18H20F3N3O2/c1-2-26-17(25)15-9-22-11-24(15)10-12-7-14(19)16(23-8-12)13-3-5-18(20,21)6-4-13/h7-9,11,13H,2-6,10H2,1H3. The fourth-order valence-electron chi connectivity index (χ4n) is 3.21. The van der Waals surface area contributed by atoms with Gasteiger partial charge in [0.25, 0.3) is 0 Å². The summed E-state index contributed by atoms with van der Waals surface area (Å²) in [5, 5.41) is 0. The lowest BCUT2D eigenvalue weighted by molar-refractivity contribution is -0.0387. The number of carbonyl (C=O) groups is 1. The third-order valence-electron chi connectivity index (χ3n) is 4.58. The second kappa shape index (κ2) is 7.47. The van der Waals surface area contributed by atoms with Gasteiger partial charge < -0.3 is 9.30 Å². The van der Waals surface area contributed by atoms with E-state index in [4.69, 9.17) is 4.74 Å². The number of nitrogens with zero attached hydrogens (tertiary/aromatic N) is 3. The molecule has 0 radical (unpaired) electrons. The van der Waals surface area contributed by atoms with Crippen molar-refractivity contribution >= 4 is 5.97 Å². The van der Waals surface area contributed by atoms with Crippen LogP contribution in [0.4, 0.5) is 13.2 Å². The van der Waals surface area contributed by atoms with Gasteiger partial charge in [-0.25, -0.2) is 22.9 Å². The number of hydrogen-bond donors (Lipinski definition) is 0. The number of pyridine rings is 1. The third-order valence-corrected chi connectivity index (χ3v) is 4.58. The van der Waals surface area contributed by atoms with E-state index in [1.165, 1.54) is 24.8 Å². The maximum absolute atomic E-state index is 14.5. The van der Waals surface area contributed by atoms with Gasteiger partial charge >= 0.3 is 5.97 Å². The first kappa shape index (κ1) is 18.4. The highest BCUT2D eigenvalue weighted by atomic mass is 19.3. The SMILES string of the molecule is CCOC(=O)c1cncn1Cc1cnc(C2CCC(F)(F)CC2)c(F)c1. The molecule has 1 aliphatic rings. The van der Waals surface area contributed by atoms with Crippen molar-refractivity contribution in [1.29, 1.82) is 0 Å². The zero-order valence-electron chi connectivity index (χ0n) is 14.4. The fraction of sp³-hybridized carbons (Fsp3) is 0.500. The van der Waals surface area contributed by atoms with Gasteiger partial charge in [0.15, 0.2) is 0 Å². The summed E-state index contributed by atoms with van der Waals surface area (Å²) in [6.07, 6.45) is 4.34. The number of halogens is 3. The average molecular weight is 367 g/mol. The second-order valence-electron chi connectivity index (χ2n) is 6.47. The molecule has 8 heteroatoms. The van der Waals surface area contributed by atoms with Gasteiger partial charge in [-0.2, -0.15) is 0 Å². The molecule has 26 heavy (non-hydrogen) atoms. The molecule has 0 aromatic carbocycles. The van der Waals surface area contributed by atoms with E-state index in [9.17, 15) is 18.0 Å². The van der Waals surface area contributed by atoms with Crippen LogP contribution in [-0.2, 0) is 11.3 Å². The number of imidazole rings is 1. The minimum atomic E-state index is -2.65. The summed E-state index contributed by atoms with van der Waals surface area (Å²) in [4.78, 5) is 20.0. The van der Waals surface area contributed by atoms with E-state index in [1.807, 2.05) is 0 Å². The molecule has 1 saturated carbocycles. The van der Waals surface area contributed by atoms with Crippen molar-refractivity contribution in [3.63, 3.8) is 0 Å². The maximum atomic E-state index is 14.5. The van der Waals surface area contributed by atoms with E-state index in [1.54, 1.807) is 11.5 Å². The Labute approximate surface area is 149 Å². The molecule has 3 rings (SSSR count). The lowest BCUT2D eigenvalue weighted by Gasteiger charge is -2.28. The van der Waals surface area contributed by atoms with Crippen molar-refractivity contribution in [3.05, 3.63) is 47.6 Å². The highest BCUT2D eigenvalue weighted by Crippen LogP contribution is 2.40. The van der Waals surface area contributed by atoms with Crippen molar-refractivity contribution < 1.29 is 22.7 Å². The average Bonchev–Trinajstić information content (AvgIpc) is 3.04. The number of ether oxygens (including phenoxy) is 1. The molecular formula is C18H20F3N3O2. The van der Waals surface area contributed by atoms with Gasteiger partial charge in [-0.05, 0) is 31.4 Å². The Bertz CT molecular complexity index is 782. The van der Waals surface area contributed by atoms with Gasteiger partial charge in [0, 0.05) is 25.0 Å². The van der Waals surface area contributed by atoms with E-state index in [2.05, 4.69) is 9.97 Å². The lowest BCUT2D eigenvalue weighted by Crippen LogP contribution is -2.24. The Balaban J connectivity index is 1.73. The molecule has 140 valence electrons. The van der Waals surface area contributed by atoms with Gasteiger partial charge in [0.1, 0.15) is 11.5 Å². The fourth-order valence-corrected chi connectivity index (χ4v) is 3.21. The molecule has 2 aromatic heterocycles. The number of alkyl halides is 2. The van der Waals surface area contributed by atoms with E-state index >= 15 is 0 Å². The molecule has 0 unspecified atom stereocenters. The largest absolute Gasteiger partial charge is 0.461 e. The summed E-state index contributed by atoms with van der Waals surface area (Å²) in [6, 6.07) is 1.34. The van der Waals surface area contributed by atoms with Crippen LogP contribution in [-0.4, -0.2) is 33.0 Å². The summed E-state index contributed by atoms with van der Waals surface area (Å²) < 4.78 is 47.5. The number of aromatic nitrogens is 3. The molecule has 0 aliphatic heterocycles. The van der Waals surface area contributed by atoms with Gasteiger partial charge in [0.2, 0.25) is 5.92 Å². The molecule has 5 nitrogen and oxygen atoms in total. The second-order valence-corrected chi connectivity index (χ2v) is 6.47. The lowest BCUT2D eigenvalue weighted by atomic mass is 9.84. The Morgan fingerprint density at radius 1 is 1.35 bits per heavy atom. The van der Waals surface area contributed by atoms with Crippen molar-refractivity contribution in [1.82, 2.24) is 14.5 Å². The Morgan fingerprint density at radius 2 is 2.08 bits per heavy atom. The van der Waals surface area contributed by atoms with Crippen LogP contribution in [0.15, 0.2) is 24.8 Å². The summed E-state index contributed by atoms with van der Waals surface area (Å²) in [5.74, 6) is -3.95. The van der Waals surface area contributed by atoms with Crippen LogP contribution in [0.1, 0.15) is 60.3 Å². The summed E-state index contributed by atoms with van der Waals surface area (Å²) in [7, 11) is 0. The molecule has 0 bridgehead atoms. The molecule has 0 N–H and O–H groups in total. The molecule has 2 aromatic rings. The molecule has 1 aliphatic carbocycles. The van der Waals surface area contributed by atoms with E-state index in [0.29, 0.717) is 5.56 Å². The first-order valence-electron chi connectivity index (χ1n) is 8.59. The van der Waals surface area contributed by atoms with Crippen LogP contribution in [0.25, 0.3) is 0 Å². The third kappa shape index (κ3) is 4.05. The maximum Gasteiger partial charge on any atom is 0.356 e. The highest BCUT2D eigenvalue weighted by molar-refractivity contribution is 5.87. The van der Waals surface area contributed by atoms with Crippen LogP contribution in [0.5, 0.6) is 0 Å². The van der Waals surface area contributed by atoms with E-state index in [0.717, 1.165) is 0 Å². The van der Waals surface area contributed by atoms with Crippen LogP contribution < -0.4 is 0 Å². The molecule has 1 fully saturated rings. The van der Waals surface area contributed by atoms with Crippen molar-refractivity contribution in [2.75, 3.05) is 6.61 Å². The number of carbonyl (C=O) groups excluding carboxylic acids is 1. The monoisotopic (exact) mass is 367 g/mol. The molecule has 2 heterocycles. The van der Waals surface area contributed by atoms with Gasteiger partial charge in [0.05, 0.1) is 31.4 Å². The summed E-state index contributed by atoms with van der Waals surface area (Å²) in [6.45, 7) is 2.16. The van der Waals surface area contributed by atoms with Crippen LogP contribution in [0, 0.1) is 5.82 Å². The van der Waals surface area contributed by atoms with Crippen LogP contribution in [0.3, 0.4) is 0 Å². The van der Waals surface area contributed by atoms with Crippen molar-refractivity contribution in [2.45, 2.75) is 51.0 Å². The molecule has 0 atom stereocenters. The minimum absolute atomic E-state index is 0.209. The molecule has 0 spiro atoms. The molecule has 0 saturated heterocycles. The van der Waals surface area contributed by atoms with Crippen molar-refractivity contribution in [2.24, 2.45) is 0 Å². The normalized spacial score (nSPS) is 17.2. The first-order chi connectivity index (χ1) is 12.4.